The van der Waals surface area contributed by atoms with Gasteiger partial charge < -0.3 is 10.0 Å². The maximum Gasteiger partial charge on any atom is 0.330 e. The molecule has 1 saturated carbocycles. The molecule has 3 aromatic rings. The highest BCUT2D eigenvalue weighted by Gasteiger charge is 2.65. The Labute approximate surface area is 219 Å². The molecule has 36 heavy (non-hydrogen) atoms. The molecule has 0 spiro atoms. The summed E-state index contributed by atoms with van der Waals surface area (Å²) in [7, 11) is 0. The SMILES string of the molecule is CC1(C(=O)O)C(c2cccs2)C(C(=O)c2cccc(Cl)c2)C(C=Cc2ccccc2)N1C(=O)C1CC1. The van der Waals surface area contributed by atoms with Gasteiger partial charge in [0.1, 0.15) is 5.54 Å². The van der Waals surface area contributed by atoms with Crippen molar-refractivity contribution in [2.24, 2.45) is 11.8 Å². The van der Waals surface area contributed by atoms with Crippen molar-refractivity contribution in [1.29, 1.82) is 0 Å². The molecular formula is C29H26ClNO4S. The Bertz CT molecular complexity index is 1320. The number of carboxylic acids is 1. The number of likely N-dealkylation sites (tertiary alicyclic amines) is 1. The third-order valence-electron chi connectivity index (χ3n) is 7.28. The minimum Gasteiger partial charge on any atom is -0.479 e. The van der Waals surface area contributed by atoms with E-state index in [1.165, 1.54) is 16.2 Å². The smallest absolute Gasteiger partial charge is 0.330 e. The van der Waals surface area contributed by atoms with Crippen LogP contribution in [0.4, 0.5) is 0 Å². The first-order chi connectivity index (χ1) is 17.3. The van der Waals surface area contributed by atoms with E-state index >= 15 is 0 Å². The summed E-state index contributed by atoms with van der Waals surface area (Å²) in [6, 6.07) is 19.3. The van der Waals surface area contributed by atoms with Crippen LogP contribution in [0, 0.1) is 11.8 Å². The van der Waals surface area contributed by atoms with E-state index in [1.54, 1.807) is 31.2 Å². The van der Waals surface area contributed by atoms with Gasteiger partial charge in [-0.25, -0.2) is 4.79 Å². The zero-order valence-corrected chi connectivity index (χ0v) is 21.3. The van der Waals surface area contributed by atoms with E-state index in [0.717, 1.165) is 23.3 Å². The van der Waals surface area contributed by atoms with Gasteiger partial charge in [0.2, 0.25) is 5.91 Å². The van der Waals surface area contributed by atoms with Crippen LogP contribution < -0.4 is 0 Å². The number of carbonyl (C=O) groups excluding carboxylic acids is 2. The lowest BCUT2D eigenvalue weighted by Gasteiger charge is -2.37. The summed E-state index contributed by atoms with van der Waals surface area (Å²) < 4.78 is 0. The van der Waals surface area contributed by atoms with E-state index < -0.39 is 29.4 Å². The number of carboxylic acid groups (broad SMARTS) is 1. The maximum atomic E-state index is 14.2. The highest BCUT2D eigenvalue weighted by Crippen LogP contribution is 2.54. The maximum absolute atomic E-state index is 14.2. The summed E-state index contributed by atoms with van der Waals surface area (Å²) in [4.78, 5) is 43.2. The summed E-state index contributed by atoms with van der Waals surface area (Å²) >= 11 is 7.63. The van der Waals surface area contributed by atoms with E-state index in [4.69, 9.17) is 11.6 Å². The van der Waals surface area contributed by atoms with Gasteiger partial charge in [-0.3, -0.25) is 9.59 Å². The number of hydrogen-bond donors (Lipinski definition) is 1. The van der Waals surface area contributed by atoms with E-state index in [-0.39, 0.29) is 17.6 Å². The number of thiophene rings is 1. The Morgan fingerprint density at radius 2 is 1.81 bits per heavy atom. The molecule has 5 nitrogen and oxygen atoms in total. The molecular weight excluding hydrogens is 494 g/mol. The van der Waals surface area contributed by atoms with Crippen molar-refractivity contribution < 1.29 is 19.5 Å². The first-order valence-electron chi connectivity index (χ1n) is 12.0. The summed E-state index contributed by atoms with van der Waals surface area (Å²) in [6.07, 6.45) is 5.17. The number of halogens is 1. The molecule has 0 radical (unpaired) electrons. The van der Waals surface area contributed by atoms with Crippen molar-refractivity contribution in [3.63, 3.8) is 0 Å². The fraction of sp³-hybridized carbons (Fsp3) is 0.276. The quantitative estimate of drug-likeness (QED) is 0.379. The Kier molecular flexibility index (Phi) is 6.58. The third kappa shape index (κ3) is 4.29. The van der Waals surface area contributed by atoms with Gasteiger partial charge in [0.15, 0.2) is 5.78 Å². The van der Waals surface area contributed by atoms with Crippen LogP contribution in [0.3, 0.4) is 0 Å². The first kappa shape index (κ1) is 24.5. The second-order valence-corrected chi connectivity index (χ2v) is 11.0. The highest BCUT2D eigenvalue weighted by molar-refractivity contribution is 7.10. The van der Waals surface area contributed by atoms with Crippen LogP contribution in [-0.2, 0) is 9.59 Å². The normalized spacial score (nSPS) is 25.8. The van der Waals surface area contributed by atoms with Gasteiger partial charge in [-0.05, 0) is 48.9 Å². The second-order valence-electron chi connectivity index (χ2n) is 9.59. The average molecular weight is 520 g/mol. The van der Waals surface area contributed by atoms with Crippen LogP contribution in [-0.4, -0.2) is 39.2 Å². The Balaban J connectivity index is 1.71. The number of carbonyl (C=O) groups is 3. The van der Waals surface area contributed by atoms with Crippen LogP contribution in [0.15, 0.2) is 78.2 Å². The lowest BCUT2D eigenvalue weighted by molar-refractivity contribution is -0.157. The molecule has 2 aromatic carbocycles. The predicted molar refractivity (Wildman–Crippen MR) is 141 cm³/mol. The van der Waals surface area contributed by atoms with E-state index in [9.17, 15) is 19.5 Å². The molecule has 1 amide bonds. The number of ketones is 1. The van der Waals surface area contributed by atoms with Gasteiger partial charge in [-0.2, -0.15) is 0 Å². The monoisotopic (exact) mass is 519 g/mol. The molecule has 4 unspecified atom stereocenters. The van der Waals surface area contributed by atoms with Gasteiger partial charge in [0.25, 0.3) is 0 Å². The predicted octanol–water partition coefficient (Wildman–Crippen LogP) is 6.16. The first-order valence-corrected chi connectivity index (χ1v) is 13.2. The fourth-order valence-corrected chi connectivity index (χ4v) is 6.53. The molecule has 0 bridgehead atoms. The number of hydrogen-bond acceptors (Lipinski definition) is 4. The molecule has 1 N–H and O–H groups in total. The Hall–Kier alpha value is -3.22. The summed E-state index contributed by atoms with van der Waals surface area (Å²) in [5.74, 6) is -3.28. The van der Waals surface area contributed by atoms with Crippen molar-refractivity contribution in [3.05, 3.63) is 99.2 Å². The third-order valence-corrected chi connectivity index (χ3v) is 8.47. The molecule has 2 aliphatic rings. The van der Waals surface area contributed by atoms with Gasteiger partial charge >= 0.3 is 5.97 Å². The lowest BCUT2D eigenvalue weighted by atomic mass is 9.75. The van der Waals surface area contributed by atoms with Crippen molar-refractivity contribution in [3.8, 4) is 0 Å². The van der Waals surface area contributed by atoms with Crippen molar-refractivity contribution in [2.75, 3.05) is 0 Å². The summed E-state index contributed by atoms with van der Waals surface area (Å²) in [5, 5.41) is 12.9. The lowest BCUT2D eigenvalue weighted by Crippen LogP contribution is -2.56. The summed E-state index contributed by atoms with van der Waals surface area (Å²) in [5.41, 5.74) is -0.294. The topological polar surface area (TPSA) is 74.7 Å². The van der Waals surface area contributed by atoms with Crippen molar-refractivity contribution in [2.45, 2.75) is 37.3 Å². The minimum absolute atomic E-state index is 0.203. The molecule has 2 heterocycles. The van der Waals surface area contributed by atoms with Crippen LogP contribution in [0.25, 0.3) is 6.08 Å². The van der Waals surface area contributed by atoms with Crippen LogP contribution in [0.2, 0.25) is 5.02 Å². The number of aliphatic carboxylic acids is 1. The van der Waals surface area contributed by atoms with Crippen molar-refractivity contribution >= 4 is 46.7 Å². The van der Waals surface area contributed by atoms with Crippen LogP contribution in [0.5, 0.6) is 0 Å². The number of nitrogens with zero attached hydrogens (tertiary/aromatic N) is 1. The zero-order chi connectivity index (χ0) is 25.4. The van der Waals surface area contributed by atoms with E-state index in [1.807, 2.05) is 60.0 Å². The number of benzene rings is 2. The van der Waals surface area contributed by atoms with Gasteiger partial charge in [0.05, 0.1) is 12.0 Å². The van der Waals surface area contributed by atoms with Crippen molar-refractivity contribution in [1.82, 2.24) is 4.90 Å². The number of rotatable bonds is 7. The van der Waals surface area contributed by atoms with Crippen LogP contribution >= 0.6 is 22.9 Å². The molecule has 4 atom stereocenters. The number of Topliss-reactive ketones (excluding diaryl/α,β-unsaturated/α-hetero) is 1. The van der Waals surface area contributed by atoms with E-state index in [0.29, 0.717) is 10.6 Å². The fourth-order valence-electron chi connectivity index (χ4n) is 5.35. The molecule has 2 fully saturated rings. The minimum atomic E-state index is -1.60. The molecule has 184 valence electrons. The number of amides is 1. The Morgan fingerprint density at radius 1 is 1.06 bits per heavy atom. The Morgan fingerprint density at radius 3 is 2.42 bits per heavy atom. The highest BCUT2D eigenvalue weighted by atomic mass is 35.5. The van der Waals surface area contributed by atoms with Gasteiger partial charge in [-0.1, -0.05) is 72.3 Å². The van der Waals surface area contributed by atoms with E-state index in [2.05, 4.69) is 0 Å². The molecule has 1 saturated heterocycles. The molecule has 1 aliphatic carbocycles. The van der Waals surface area contributed by atoms with Gasteiger partial charge in [-0.15, -0.1) is 11.3 Å². The molecule has 1 aromatic heterocycles. The van der Waals surface area contributed by atoms with Gasteiger partial charge in [0, 0.05) is 27.3 Å². The zero-order valence-electron chi connectivity index (χ0n) is 19.7. The molecule has 1 aliphatic heterocycles. The standard InChI is InChI=1S/C29H26ClNO4S/c1-29(28(34)35)25(23-11-6-16-36-23)24(26(32)20-9-5-10-21(30)17-20)22(31(29)27(33)19-13-14-19)15-12-18-7-3-2-4-8-18/h2-12,15-17,19,22,24-25H,13-14H2,1H3,(H,34,35). The molecule has 7 heteroatoms. The summed E-state index contributed by atoms with van der Waals surface area (Å²) in [6.45, 7) is 1.59. The largest absolute Gasteiger partial charge is 0.479 e. The second kappa shape index (κ2) is 9.68. The molecule has 5 rings (SSSR count). The van der Waals surface area contributed by atoms with Crippen LogP contribution in [0.1, 0.15) is 46.5 Å². The average Bonchev–Trinajstić information content (AvgIpc) is 3.52.